The lowest BCUT2D eigenvalue weighted by Gasteiger charge is -2.20. The average Bonchev–Trinajstić information content (AvgIpc) is 2.90. The van der Waals surface area contributed by atoms with E-state index in [2.05, 4.69) is 5.32 Å². The van der Waals surface area contributed by atoms with Crippen LogP contribution in [0.15, 0.2) is 30.3 Å². The minimum absolute atomic E-state index is 0.0571. The number of carbonyl (C=O) groups excluding carboxylic acids is 1. The van der Waals surface area contributed by atoms with E-state index in [0.29, 0.717) is 4.99 Å². The fourth-order valence-electron chi connectivity index (χ4n) is 1.97. The van der Waals surface area contributed by atoms with Crippen molar-refractivity contribution in [3.63, 3.8) is 0 Å². The maximum Gasteiger partial charge on any atom is 0.224 e. The second-order valence-electron chi connectivity index (χ2n) is 4.32. The van der Waals surface area contributed by atoms with Gasteiger partial charge in [0.05, 0.1) is 0 Å². The van der Waals surface area contributed by atoms with Gasteiger partial charge in [-0.05, 0) is 17.7 Å². The Labute approximate surface area is 117 Å². The van der Waals surface area contributed by atoms with Gasteiger partial charge < -0.3 is 11.1 Å². The summed E-state index contributed by atoms with van der Waals surface area (Å²) in [5.74, 6) is 2.10. The van der Waals surface area contributed by atoms with Crippen molar-refractivity contribution in [2.45, 2.75) is 12.5 Å². The number of benzene rings is 1. The summed E-state index contributed by atoms with van der Waals surface area (Å²) < 4.78 is 0. The summed E-state index contributed by atoms with van der Waals surface area (Å²) in [6.45, 7) is 0. The topological polar surface area (TPSA) is 55.1 Å². The van der Waals surface area contributed by atoms with Gasteiger partial charge >= 0.3 is 0 Å². The van der Waals surface area contributed by atoms with E-state index >= 15 is 0 Å². The predicted octanol–water partition coefficient (Wildman–Crippen LogP) is 1.88. The maximum absolute atomic E-state index is 12.1. The molecule has 1 aliphatic heterocycles. The molecule has 3 nitrogen and oxygen atoms in total. The first-order valence-corrected chi connectivity index (χ1v) is 7.47. The van der Waals surface area contributed by atoms with Gasteiger partial charge in [0.2, 0.25) is 5.91 Å². The molecule has 0 aromatic heterocycles. The number of thiocarbonyl (C=S) groups is 1. The van der Waals surface area contributed by atoms with Gasteiger partial charge in [-0.1, -0.05) is 42.5 Å². The molecule has 5 heteroatoms. The molecule has 1 aliphatic rings. The van der Waals surface area contributed by atoms with Crippen LogP contribution in [0.2, 0.25) is 0 Å². The molecule has 0 spiro atoms. The van der Waals surface area contributed by atoms with Crippen LogP contribution in [0, 0.1) is 5.92 Å². The molecule has 1 fully saturated rings. The molecule has 0 bridgehead atoms. The van der Waals surface area contributed by atoms with Crippen LogP contribution in [-0.2, 0) is 4.79 Å². The zero-order valence-corrected chi connectivity index (χ0v) is 11.6. The molecule has 0 radical (unpaired) electrons. The molecule has 2 atom stereocenters. The van der Waals surface area contributed by atoms with E-state index in [1.54, 1.807) is 0 Å². The van der Waals surface area contributed by atoms with E-state index in [0.717, 1.165) is 23.5 Å². The second-order valence-corrected chi connectivity index (χ2v) is 5.94. The van der Waals surface area contributed by atoms with E-state index in [4.69, 9.17) is 18.0 Å². The number of amides is 1. The van der Waals surface area contributed by atoms with Crippen molar-refractivity contribution in [2.75, 3.05) is 11.5 Å². The van der Waals surface area contributed by atoms with Crippen LogP contribution < -0.4 is 11.1 Å². The first kappa shape index (κ1) is 13.4. The van der Waals surface area contributed by atoms with Gasteiger partial charge in [0, 0.05) is 11.7 Å². The lowest BCUT2D eigenvalue weighted by atomic mass is 10.0. The fraction of sp³-hybridized carbons (Fsp3) is 0.385. The third kappa shape index (κ3) is 3.23. The van der Waals surface area contributed by atoms with Gasteiger partial charge in [0.1, 0.15) is 11.0 Å². The average molecular weight is 280 g/mol. The summed E-state index contributed by atoms with van der Waals surface area (Å²) in [4.78, 5) is 12.4. The molecule has 3 N–H and O–H groups in total. The number of nitrogens with two attached hydrogens (primary N) is 1. The van der Waals surface area contributed by atoms with Crippen molar-refractivity contribution >= 4 is 34.9 Å². The highest BCUT2D eigenvalue weighted by molar-refractivity contribution is 7.99. The minimum Gasteiger partial charge on any atom is -0.391 e. The zero-order valence-electron chi connectivity index (χ0n) is 9.96. The van der Waals surface area contributed by atoms with E-state index < -0.39 is 0 Å². The Morgan fingerprint density at radius 1 is 1.44 bits per heavy atom. The van der Waals surface area contributed by atoms with Crippen LogP contribution in [0.1, 0.15) is 18.0 Å². The lowest BCUT2D eigenvalue weighted by Crippen LogP contribution is -2.39. The highest BCUT2D eigenvalue weighted by atomic mass is 32.2. The van der Waals surface area contributed by atoms with Crippen LogP contribution >= 0.6 is 24.0 Å². The van der Waals surface area contributed by atoms with Gasteiger partial charge in [0.15, 0.2) is 0 Å². The minimum atomic E-state index is -0.362. The van der Waals surface area contributed by atoms with Crippen molar-refractivity contribution in [3.8, 4) is 0 Å². The number of nitrogens with one attached hydrogen (secondary N) is 1. The van der Waals surface area contributed by atoms with E-state index in [1.165, 1.54) is 0 Å². The molecule has 2 rings (SSSR count). The molecular formula is C13H16N2OS2. The third-order valence-electron chi connectivity index (χ3n) is 3.00. The standard InChI is InChI=1S/C13H16N2OS2/c14-12(17)11(9-4-2-1-3-5-9)15-13(16)10-6-7-18-8-10/h1-5,10-11H,6-8H2,(H2,14,17)(H,15,16). The highest BCUT2D eigenvalue weighted by Gasteiger charge is 2.26. The molecule has 1 aromatic carbocycles. The number of hydrogen-bond acceptors (Lipinski definition) is 3. The molecule has 96 valence electrons. The Hall–Kier alpha value is -1.07. The monoisotopic (exact) mass is 280 g/mol. The molecule has 1 amide bonds. The summed E-state index contributed by atoms with van der Waals surface area (Å²) in [6.07, 6.45) is 0.940. The van der Waals surface area contributed by atoms with Gasteiger partial charge in [-0.15, -0.1) is 0 Å². The molecule has 1 saturated heterocycles. The van der Waals surface area contributed by atoms with Crippen LogP contribution in [0.3, 0.4) is 0 Å². The van der Waals surface area contributed by atoms with Crippen LogP contribution in [0.5, 0.6) is 0 Å². The summed E-state index contributed by atoms with van der Waals surface area (Å²) >= 11 is 6.87. The summed E-state index contributed by atoms with van der Waals surface area (Å²) in [5, 5.41) is 2.96. The van der Waals surface area contributed by atoms with Crippen molar-refractivity contribution in [3.05, 3.63) is 35.9 Å². The number of hydrogen-bond donors (Lipinski definition) is 2. The largest absolute Gasteiger partial charge is 0.391 e. The quantitative estimate of drug-likeness (QED) is 0.827. The number of carbonyl (C=O) groups is 1. The van der Waals surface area contributed by atoms with E-state index in [9.17, 15) is 4.79 Å². The van der Waals surface area contributed by atoms with Gasteiger partial charge in [-0.3, -0.25) is 4.79 Å². The first-order chi connectivity index (χ1) is 8.68. The molecule has 1 heterocycles. The van der Waals surface area contributed by atoms with Crippen LogP contribution in [0.25, 0.3) is 0 Å². The summed E-state index contributed by atoms with van der Waals surface area (Å²) in [6, 6.07) is 9.24. The van der Waals surface area contributed by atoms with Crippen molar-refractivity contribution in [1.82, 2.24) is 5.32 Å². The van der Waals surface area contributed by atoms with Crippen LogP contribution in [-0.4, -0.2) is 22.4 Å². The number of rotatable bonds is 4. The van der Waals surface area contributed by atoms with Gasteiger partial charge in [-0.2, -0.15) is 11.8 Å². The summed E-state index contributed by atoms with van der Waals surface area (Å²) in [5.41, 5.74) is 6.66. The smallest absolute Gasteiger partial charge is 0.224 e. The Morgan fingerprint density at radius 3 is 2.72 bits per heavy atom. The van der Waals surface area contributed by atoms with Gasteiger partial charge in [-0.25, -0.2) is 0 Å². The molecule has 0 aliphatic carbocycles. The van der Waals surface area contributed by atoms with Crippen molar-refractivity contribution in [1.29, 1.82) is 0 Å². The maximum atomic E-state index is 12.1. The predicted molar refractivity (Wildman–Crippen MR) is 79.5 cm³/mol. The van der Waals surface area contributed by atoms with Crippen molar-refractivity contribution in [2.24, 2.45) is 11.7 Å². The summed E-state index contributed by atoms with van der Waals surface area (Å²) in [7, 11) is 0. The molecule has 1 aromatic rings. The van der Waals surface area contributed by atoms with E-state index in [-0.39, 0.29) is 17.9 Å². The second kappa shape index (κ2) is 6.20. The fourth-order valence-corrected chi connectivity index (χ4v) is 3.38. The third-order valence-corrected chi connectivity index (χ3v) is 4.40. The van der Waals surface area contributed by atoms with Gasteiger partial charge in [0.25, 0.3) is 0 Å². The normalized spacial score (nSPS) is 20.3. The molecular weight excluding hydrogens is 264 g/mol. The Balaban J connectivity index is 2.07. The van der Waals surface area contributed by atoms with Crippen molar-refractivity contribution < 1.29 is 4.79 Å². The first-order valence-electron chi connectivity index (χ1n) is 5.91. The van der Waals surface area contributed by atoms with E-state index in [1.807, 2.05) is 42.1 Å². The SMILES string of the molecule is NC(=S)C(NC(=O)C1CCSC1)c1ccccc1. The Kier molecular flexibility index (Phi) is 4.60. The molecule has 0 saturated carbocycles. The number of thioether (sulfide) groups is 1. The highest BCUT2D eigenvalue weighted by Crippen LogP contribution is 2.24. The lowest BCUT2D eigenvalue weighted by molar-refractivity contribution is -0.124. The van der Waals surface area contributed by atoms with Crippen LogP contribution in [0.4, 0.5) is 0 Å². The zero-order chi connectivity index (χ0) is 13.0. The Bertz CT molecular complexity index is 430. The molecule has 2 unspecified atom stereocenters. The molecule has 18 heavy (non-hydrogen) atoms. The Morgan fingerprint density at radius 2 is 2.17 bits per heavy atom.